The van der Waals surface area contributed by atoms with Crippen molar-refractivity contribution < 1.29 is 18.3 Å². The fourth-order valence-corrected chi connectivity index (χ4v) is 3.42. The lowest BCUT2D eigenvalue weighted by molar-refractivity contribution is 0.219. The van der Waals surface area contributed by atoms with E-state index < -0.39 is 11.6 Å². The summed E-state index contributed by atoms with van der Waals surface area (Å²) >= 11 is 0. The Morgan fingerprint density at radius 1 is 0.774 bits per heavy atom. The number of rotatable bonds is 6. The predicted octanol–water partition coefficient (Wildman–Crippen LogP) is 6.52. The Kier molecular flexibility index (Phi) is 5.63. The molecular formula is C25H24F2N2O2. The van der Waals surface area contributed by atoms with Gasteiger partial charge < -0.3 is 9.47 Å². The van der Waals surface area contributed by atoms with E-state index in [0.29, 0.717) is 11.1 Å². The third-order valence-corrected chi connectivity index (χ3v) is 4.71. The standard InChI is InChI=1S/C25H24F2N2O2/c1-15(2)30-20-8-5-17(6-9-20)23-13-28-24-10-7-18(14-29(23)24)19-11-21(26)25(22(27)12-19)31-16(3)4/h5-16H,1-4H3. The van der Waals surface area contributed by atoms with E-state index in [4.69, 9.17) is 9.47 Å². The zero-order valence-electron chi connectivity index (χ0n) is 17.9. The van der Waals surface area contributed by atoms with Crippen molar-refractivity contribution in [3.05, 3.63) is 72.6 Å². The van der Waals surface area contributed by atoms with Gasteiger partial charge in [0.25, 0.3) is 0 Å². The molecule has 0 radical (unpaired) electrons. The Hall–Kier alpha value is -3.41. The van der Waals surface area contributed by atoms with E-state index in [1.807, 2.05) is 54.8 Å². The molecule has 4 aromatic rings. The van der Waals surface area contributed by atoms with Gasteiger partial charge in [-0.2, -0.15) is 0 Å². The summed E-state index contributed by atoms with van der Waals surface area (Å²) in [5, 5.41) is 0. The lowest BCUT2D eigenvalue weighted by atomic mass is 10.1. The minimum atomic E-state index is -0.726. The van der Waals surface area contributed by atoms with Crippen LogP contribution in [0.25, 0.3) is 28.0 Å². The fourth-order valence-electron chi connectivity index (χ4n) is 3.42. The number of fused-ring (bicyclic) bond motifs is 1. The van der Waals surface area contributed by atoms with E-state index in [2.05, 4.69) is 4.98 Å². The van der Waals surface area contributed by atoms with Crippen LogP contribution in [-0.4, -0.2) is 21.6 Å². The van der Waals surface area contributed by atoms with E-state index in [1.54, 1.807) is 26.1 Å². The summed E-state index contributed by atoms with van der Waals surface area (Å²) in [5.41, 5.74) is 3.66. The van der Waals surface area contributed by atoms with Crippen molar-refractivity contribution in [1.29, 1.82) is 0 Å². The molecule has 2 heterocycles. The summed E-state index contributed by atoms with van der Waals surface area (Å²) in [5.74, 6) is -1.01. The highest BCUT2D eigenvalue weighted by Gasteiger charge is 2.16. The van der Waals surface area contributed by atoms with Gasteiger partial charge in [0.2, 0.25) is 0 Å². The van der Waals surface area contributed by atoms with Crippen LogP contribution in [0, 0.1) is 11.6 Å². The molecule has 6 heteroatoms. The Bertz CT molecular complexity index is 1190. The number of hydrogen-bond donors (Lipinski definition) is 0. The molecule has 4 nitrogen and oxygen atoms in total. The minimum Gasteiger partial charge on any atom is -0.491 e. The first-order chi connectivity index (χ1) is 14.8. The van der Waals surface area contributed by atoms with Crippen LogP contribution in [0.15, 0.2) is 60.9 Å². The molecular weight excluding hydrogens is 398 g/mol. The van der Waals surface area contributed by atoms with Crippen LogP contribution < -0.4 is 9.47 Å². The summed E-state index contributed by atoms with van der Waals surface area (Å²) in [6.45, 7) is 7.41. The van der Waals surface area contributed by atoms with Crippen LogP contribution in [0.4, 0.5) is 8.78 Å². The van der Waals surface area contributed by atoms with Crippen LogP contribution in [0.1, 0.15) is 27.7 Å². The Balaban J connectivity index is 1.72. The van der Waals surface area contributed by atoms with Crippen LogP contribution in [-0.2, 0) is 0 Å². The molecule has 0 spiro atoms. The quantitative estimate of drug-likeness (QED) is 0.355. The van der Waals surface area contributed by atoms with Crippen molar-refractivity contribution in [1.82, 2.24) is 9.38 Å². The van der Waals surface area contributed by atoms with Crippen molar-refractivity contribution in [3.8, 4) is 33.9 Å². The Morgan fingerprint density at radius 3 is 2.00 bits per heavy atom. The lowest BCUT2D eigenvalue weighted by Crippen LogP contribution is -2.08. The number of nitrogens with zero attached hydrogens (tertiary/aromatic N) is 2. The zero-order chi connectivity index (χ0) is 22.1. The highest BCUT2D eigenvalue weighted by atomic mass is 19.1. The smallest absolute Gasteiger partial charge is 0.191 e. The van der Waals surface area contributed by atoms with Crippen LogP contribution in [0.2, 0.25) is 0 Å². The van der Waals surface area contributed by atoms with Gasteiger partial charge in [0, 0.05) is 11.8 Å². The van der Waals surface area contributed by atoms with Gasteiger partial charge in [-0.15, -0.1) is 0 Å². The van der Waals surface area contributed by atoms with E-state index in [0.717, 1.165) is 22.7 Å². The van der Waals surface area contributed by atoms with Gasteiger partial charge in [0.05, 0.1) is 24.1 Å². The molecule has 0 saturated carbocycles. The number of ether oxygens (including phenoxy) is 2. The number of pyridine rings is 1. The van der Waals surface area contributed by atoms with Gasteiger partial charge in [-0.05, 0) is 87.4 Å². The number of benzene rings is 2. The fraction of sp³-hybridized carbons (Fsp3) is 0.240. The zero-order valence-corrected chi connectivity index (χ0v) is 17.9. The number of aromatic nitrogens is 2. The van der Waals surface area contributed by atoms with Gasteiger partial charge in [-0.1, -0.05) is 0 Å². The maximum atomic E-state index is 14.5. The summed E-state index contributed by atoms with van der Waals surface area (Å²) < 4.78 is 41.8. The number of hydrogen-bond acceptors (Lipinski definition) is 3. The summed E-state index contributed by atoms with van der Waals surface area (Å²) in [6.07, 6.45) is 3.38. The topological polar surface area (TPSA) is 35.8 Å². The number of halogens is 2. The monoisotopic (exact) mass is 422 g/mol. The molecule has 0 N–H and O–H groups in total. The first-order valence-corrected chi connectivity index (χ1v) is 10.2. The maximum absolute atomic E-state index is 14.5. The molecule has 4 rings (SSSR count). The molecule has 2 aromatic heterocycles. The third-order valence-electron chi connectivity index (χ3n) is 4.71. The maximum Gasteiger partial charge on any atom is 0.191 e. The SMILES string of the molecule is CC(C)Oc1ccc(-c2cnc3ccc(-c4cc(F)c(OC(C)C)c(F)c4)cn23)cc1. The van der Waals surface area contributed by atoms with Crippen molar-refractivity contribution in [3.63, 3.8) is 0 Å². The van der Waals surface area contributed by atoms with Gasteiger partial charge in [-0.25, -0.2) is 13.8 Å². The molecule has 0 atom stereocenters. The van der Waals surface area contributed by atoms with Crippen LogP contribution >= 0.6 is 0 Å². The normalized spacial score (nSPS) is 11.5. The largest absolute Gasteiger partial charge is 0.491 e. The van der Waals surface area contributed by atoms with E-state index in [1.165, 1.54) is 12.1 Å². The molecule has 0 bridgehead atoms. The second kappa shape index (κ2) is 8.38. The van der Waals surface area contributed by atoms with Crippen molar-refractivity contribution in [2.45, 2.75) is 39.9 Å². The highest BCUT2D eigenvalue weighted by Crippen LogP contribution is 2.31. The highest BCUT2D eigenvalue weighted by molar-refractivity contribution is 5.70. The van der Waals surface area contributed by atoms with Gasteiger partial charge >= 0.3 is 0 Å². The van der Waals surface area contributed by atoms with Gasteiger partial charge in [0.1, 0.15) is 11.4 Å². The minimum absolute atomic E-state index is 0.0994. The molecule has 0 amide bonds. The average molecular weight is 422 g/mol. The summed E-state index contributed by atoms with van der Waals surface area (Å²) in [7, 11) is 0. The second-order valence-electron chi connectivity index (χ2n) is 7.92. The summed E-state index contributed by atoms with van der Waals surface area (Å²) in [4.78, 5) is 4.45. The molecule has 0 aliphatic carbocycles. The molecule has 0 saturated heterocycles. The van der Waals surface area contributed by atoms with Crippen molar-refractivity contribution >= 4 is 5.65 Å². The molecule has 0 aliphatic rings. The first kappa shape index (κ1) is 20.8. The Morgan fingerprint density at radius 2 is 1.39 bits per heavy atom. The van der Waals surface area contributed by atoms with Gasteiger partial charge in [0.15, 0.2) is 17.4 Å². The summed E-state index contributed by atoms with van der Waals surface area (Å²) in [6, 6.07) is 13.9. The molecule has 0 fully saturated rings. The van der Waals surface area contributed by atoms with Crippen molar-refractivity contribution in [2.24, 2.45) is 0 Å². The van der Waals surface area contributed by atoms with Crippen LogP contribution in [0.3, 0.4) is 0 Å². The first-order valence-electron chi connectivity index (χ1n) is 10.2. The van der Waals surface area contributed by atoms with E-state index in [9.17, 15) is 8.78 Å². The van der Waals surface area contributed by atoms with Crippen LogP contribution in [0.5, 0.6) is 11.5 Å². The third kappa shape index (κ3) is 4.38. The Labute approximate surface area is 180 Å². The van der Waals surface area contributed by atoms with Gasteiger partial charge in [-0.3, -0.25) is 4.40 Å². The molecule has 31 heavy (non-hydrogen) atoms. The second-order valence-corrected chi connectivity index (χ2v) is 7.92. The average Bonchev–Trinajstić information content (AvgIpc) is 3.14. The van der Waals surface area contributed by atoms with E-state index in [-0.39, 0.29) is 18.0 Å². The molecule has 0 aliphatic heterocycles. The predicted molar refractivity (Wildman–Crippen MR) is 118 cm³/mol. The number of imidazole rings is 1. The molecule has 0 unspecified atom stereocenters. The molecule has 2 aromatic carbocycles. The molecule has 160 valence electrons. The van der Waals surface area contributed by atoms with Crippen molar-refractivity contribution in [2.75, 3.05) is 0 Å². The van der Waals surface area contributed by atoms with E-state index >= 15 is 0 Å². The lowest BCUT2D eigenvalue weighted by Gasteiger charge is -2.13.